The standard InChI is InChI=1S/C12H18N4O3/c1-7(2)17-5-12(4,13)11-15-10(19-16-11)9-8(3)14-6-18-9/h6-7H,5,13H2,1-4H3. The van der Waals surface area contributed by atoms with Gasteiger partial charge in [0.2, 0.25) is 5.76 Å². The lowest BCUT2D eigenvalue weighted by Crippen LogP contribution is -2.40. The Bertz CT molecular complexity index is 545. The molecule has 19 heavy (non-hydrogen) atoms. The molecule has 2 rings (SSSR count). The lowest BCUT2D eigenvalue weighted by molar-refractivity contribution is 0.0410. The topological polar surface area (TPSA) is 100 Å². The highest BCUT2D eigenvalue weighted by atomic mass is 16.5. The minimum Gasteiger partial charge on any atom is -0.438 e. The Balaban J connectivity index is 2.19. The number of nitrogens with zero attached hydrogens (tertiary/aromatic N) is 3. The van der Waals surface area contributed by atoms with E-state index in [1.807, 2.05) is 13.8 Å². The normalized spacial score (nSPS) is 14.8. The molecule has 0 aliphatic carbocycles. The fourth-order valence-electron chi connectivity index (χ4n) is 1.46. The SMILES string of the molecule is Cc1ncoc1-c1nc(C(C)(N)COC(C)C)no1. The van der Waals surface area contributed by atoms with Gasteiger partial charge in [-0.1, -0.05) is 5.16 Å². The van der Waals surface area contributed by atoms with Crippen molar-refractivity contribution in [1.29, 1.82) is 0 Å². The molecule has 0 radical (unpaired) electrons. The third kappa shape index (κ3) is 2.99. The second kappa shape index (κ2) is 5.10. The van der Waals surface area contributed by atoms with Crippen LogP contribution < -0.4 is 5.73 Å². The lowest BCUT2D eigenvalue weighted by Gasteiger charge is -2.21. The van der Waals surface area contributed by atoms with Gasteiger partial charge in [0.05, 0.1) is 18.4 Å². The Kier molecular flexibility index (Phi) is 3.68. The summed E-state index contributed by atoms with van der Waals surface area (Å²) in [5.74, 6) is 1.10. The first-order chi connectivity index (χ1) is 8.90. The zero-order valence-electron chi connectivity index (χ0n) is 11.5. The van der Waals surface area contributed by atoms with Crippen LogP contribution in [0.1, 0.15) is 32.3 Å². The average Bonchev–Trinajstić information content (AvgIpc) is 2.94. The molecule has 0 aliphatic rings. The van der Waals surface area contributed by atoms with Gasteiger partial charge in [0, 0.05) is 0 Å². The van der Waals surface area contributed by atoms with Gasteiger partial charge in [0.15, 0.2) is 12.2 Å². The largest absolute Gasteiger partial charge is 0.438 e. The fraction of sp³-hybridized carbons (Fsp3) is 0.583. The van der Waals surface area contributed by atoms with E-state index in [1.54, 1.807) is 13.8 Å². The summed E-state index contributed by atoms with van der Waals surface area (Å²) in [6.07, 6.45) is 1.42. The molecule has 0 aliphatic heterocycles. The Morgan fingerprint density at radius 2 is 2.21 bits per heavy atom. The summed E-state index contributed by atoms with van der Waals surface area (Å²) in [7, 11) is 0. The molecule has 0 saturated heterocycles. The third-order valence-corrected chi connectivity index (χ3v) is 2.59. The van der Waals surface area contributed by atoms with Crippen LogP contribution in [0.4, 0.5) is 0 Å². The maximum Gasteiger partial charge on any atom is 0.295 e. The van der Waals surface area contributed by atoms with Crippen molar-refractivity contribution in [3.05, 3.63) is 17.9 Å². The van der Waals surface area contributed by atoms with Crippen LogP contribution in [0.5, 0.6) is 0 Å². The quantitative estimate of drug-likeness (QED) is 0.877. The van der Waals surface area contributed by atoms with E-state index >= 15 is 0 Å². The summed E-state index contributed by atoms with van der Waals surface area (Å²) < 4.78 is 15.8. The van der Waals surface area contributed by atoms with E-state index in [0.717, 1.165) is 0 Å². The first kappa shape index (κ1) is 13.7. The van der Waals surface area contributed by atoms with E-state index < -0.39 is 5.54 Å². The van der Waals surface area contributed by atoms with Gasteiger partial charge in [-0.25, -0.2) is 4.98 Å². The van der Waals surface area contributed by atoms with E-state index in [9.17, 15) is 0 Å². The molecule has 0 amide bonds. The fourth-order valence-corrected chi connectivity index (χ4v) is 1.46. The van der Waals surface area contributed by atoms with Gasteiger partial charge in [-0.3, -0.25) is 0 Å². The second-order valence-corrected chi connectivity index (χ2v) is 4.97. The third-order valence-electron chi connectivity index (χ3n) is 2.59. The Hall–Kier alpha value is -1.73. The number of hydrogen-bond donors (Lipinski definition) is 1. The average molecular weight is 266 g/mol. The molecular weight excluding hydrogens is 248 g/mol. The summed E-state index contributed by atoms with van der Waals surface area (Å²) >= 11 is 0. The lowest BCUT2D eigenvalue weighted by atomic mass is 10.1. The van der Waals surface area contributed by atoms with Gasteiger partial charge < -0.3 is 19.4 Å². The predicted molar refractivity (Wildman–Crippen MR) is 67.2 cm³/mol. The molecule has 2 aromatic heterocycles. The van der Waals surface area contributed by atoms with Crippen LogP contribution in [0.15, 0.2) is 15.3 Å². The van der Waals surface area contributed by atoms with Crippen LogP contribution >= 0.6 is 0 Å². The van der Waals surface area contributed by atoms with Crippen LogP contribution in [-0.4, -0.2) is 27.8 Å². The molecule has 0 spiro atoms. The minimum absolute atomic E-state index is 0.0887. The number of aryl methyl sites for hydroxylation is 1. The van der Waals surface area contributed by atoms with Crippen LogP contribution in [0.3, 0.4) is 0 Å². The van der Waals surface area contributed by atoms with E-state index in [-0.39, 0.29) is 12.0 Å². The molecule has 2 aromatic rings. The van der Waals surface area contributed by atoms with Crippen molar-refractivity contribution < 1.29 is 13.7 Å². The van der Waals surface area contributed by atoms with Gasteiger partial charge in [-0.2, -0.15) is 4.98 Å². The van der Waals surface area contributed by atoms with Crippen LogP contribution in [-0.2, 0) is 10.3 Å². The van der Waals surface area contributed by atoms with Crippen molar-refractivity contribution in [2.75, 3.05) is 6.61 Å². The molecule has 7 nitrogen and oxygen atoms in total. The number of rotatable bonds is 5. The molecule has 1 atom stereocenters. The molecule has 2 heterocycles. The summed E-state index contributed by atoms with van der Waals surface area (Å²) in [6.45, 7) is 7.77. The second-order valence-electron chi connectivity index (χ2n) is 4.97. The van der Waals surface area contributed by atoms with Crippen LogP contribution in [0, 0.1) is 6.92 Å². The van der Waals surface area contributed by atoms with Crippen molar-refractivity contribution >= 4 is 0 Å². The number of nitrogens with two attached hydrogens (primary N) is 1. The van der Waals surface area contributed by atoms with Crippen LogP contribution in [0.2, 0.25) is 0 Å². The maximum absolute atomic E-state index is 6.13. The molecular formula is C12H18N4O3. The van der Waals surface area contributed by atoms with Crippen molar-refractivity contribution in [2.24, 2.45) is 5.73 Å². The molecule has 7 heteroatoms. The molecule has 0 fully saturated rings. The summed E-state index contributed by atoms with van der Waals surface area (Å²) in [5, 5.41) is 3.88. The number of ether oxygens (including phenoxy) is 1. The molecule has 104 valence electrons. The van der Waals surface area contributed by atoms with Gasteiger partial charge in [-0.05, 0) is 27.7 Å². The highest BCUT2D eigenvalue weighted by Gasteiger charge is 2.29. The van der Waals surface area contributed by atoms with Crippen LogP contribution in [0.25, 0.3) is 11.7 Å². The van der Waals surface area contributed by atoms with Gasteiger partial charge in [-0.15, -0.1) is 0 Å². The first-order valence-corrected chi connectivity index (χ1v) is 6.05. The number of hydrogen-bond acceptors (Lipinski definition) is 7. The maximum atomic E-state index is 6.13. The highest BCUT2D eigenvalue weighted by Crippen LogP contribution is 2.23. The Labute approximate surface area is 111 Å². The van der Waals surface area contributed by atoms with E-state index in [2.05, 4.69) is 15.1 Å². The molecule has 0 bridgehead atoms. The summed E-state index contributed by atoms with van der Waals surface area (Å²) in [5.41, 5.74) is 6.00. The van der Waals surface area contributed by atoms with Crippen molar-refractivity contribution in [2.45, 2.75) is 39.3 Å². The monoisotopic (exact) mass is 266 g/mol. The van der Waals surface area contributed by atoms with E-state index in [4.69, 9.17) is 19.4 Å². The molecule has 1 unspecified atom stereocenters. The smallest absolute Gasteiger partial charge is 0.295 e. The van der Waals surface area contributed by atoms with Gasteiger partial charge in [0.1, 0.15) is 5.54 Å². The van der Waals surface area contributed by atoms with Crippen molar-refractivity contribution in [1.82, 2.24) is 15.1 Å². The molecule has 0 saturated carbocycles. The Morgan fingerprint density at radius 3 is 2.79 bits per heavy atom. The number of aromatic nitrogens is 3. The highest BCUT2D eigenvalue weighted by molar-refractivity contribution is 5.46. The zero-order chi connectivity index (χ0) is 14.0. The minimum atomic E-state index is -0.819. The van der Waals surface area contributed by atoms with Crippen molar-refractivity contribution in [3.63, 3.8) is 0 Å². The van der Waals surface area contributed by atoms with Crippen molar-refractivity contribution in [3.8, 4) is 11.7 Å². The molecule has 2 N–H and O–H groups in total. The summed E-state index contributed by atoms with van der Waals surface area (Å²) in [4.78, 5) is 8.22. The van der Waals surface area contributed by atoms with E-state index in [0.29, 0.717) is 23.9 Å². The zero-order valence-corrected chi connectivity index (χ0v) is 11.5. The Morgan fingerprint density at radius 1 is 1.47 bits per heavy atom. The first-order valence-electron chi connectivity index (χ1n) is 6.05. The van der Waals surface area contributed by atoms with E-state index in [1.165, 1.54) is 6.39 Å². The predicted octanol–water partition coefficient (Wildman–Crippen LogP) is 1.63. The van der Waals surface area contributed by atoms with Gasteiger partial charge >= 0.3 is 0 Å². The summed E-state index contributed by atoms with van der Waals surface area (Å²) in [6, 6.07) is 0. The van der Waals surface area contributed by atoms with Gasteiger partial charge in [0.25, 0.3) is 5.89 Å². The number of oxazole rings is 1. The molecule has 0 aromatic carbocycles.